The number of ketones is 1. The molecule has 1 aliphatic rings. The number of carbonyl (C=O) groups is 4. The number of rotatable bonds is 7. The molecule has 6 rings (SSSR count). The fourth-order valence-corrected chi connectivity index (χ4v) is 5.38. The highest BCUT2D eigenvalue weighted by molar-refractivity contribution is 8.00. The average molecular weight is 572 g/mol. The number of esters is 1. The smallest absolute Gasteiger partial charge is 0.338 e. The maximum atomic E-state index is 13.1. The van der Waals surface area contributed by atoms with Crippen LogP contribution in [0.5, 0.6) is 0 Å². The van der Waals surface area contributed by atoms with Gasteiger partial charge >= 0.3 is 5.97 Å². The van der Waals surface area contributed by atoms with Gasteiger partial charge < -0.3 is 9.72 Å². The van der Waals surface area contributed by atoms with Crippen molar-refractivity contribution in [2.24, 2.45) is 0 Å². The standard InChI is InChI=1S/C28H18ClN5O5S/c29-17-9-5-15(6-10-17)21(35)14-39-27(38)16-7-11-18(12-8-16)34-23(36)13-22(26(34)37)40-28-31-25-24(32-33-28)19-3-1-2-4-20(19)30-25/h1-12,22H,13-14H2,(H,30,31,33). The molecule has 0 saturated carbocycles. The molecule has 0 radical (unpaired) electrons. The van der Waals surface area contributed by atoms with Crippen molar-refractivity contribution in [1.29, 1.82) is 0 Å². The Kier molecular flexibility index (Phi) is 6.74. The van der Waals surface area contributed by atoms with Gasteiger partial charge in [-0.15, -0.1) is 10.2 Å². The first-order valence-corrected chi connectivity index (χ1v) is 13.3. The molecular weight excluding hydrogens is 554 g/mol. The van der Waals surface area contributed by atoms with E-state index in [1.54, 1.807) is 24.3 Å². The van der Waals surface area contributed by atoms with Crippen molar-refractivity contribution < 1.29 is 23.9 Å². The first-order chi connectivity index (χ1) is 19.4. The fourth-order valence-electron chi connectivity index (χ4n) is 4.33. The summed E-state index contributed by atoms with van der Waals surface area (Å²) in [5, 5.41) is 9.35. The summed E-state index contributed by atoms with van der Waals surface area (Å²) in [6.45, 7) is -0.439. The molecule has 1 atom stereocenters. The van der Waals surface area contributed by atoms with Gasteiger partial charge in [-0.05, 0) is 54.6 Å². The van der Waals surface area contributed by atoms with Crippen LogP contribution < -0.4 is 4.90 Å². The summed E-state index contributed by atoms with van der Waals surface area (Å²) in [4.78, 5) is 59.3. The van der Waals surface area contributed by atoms with Crippen molar-refractivity contribution >= 4 is 74.7 Å². The average Bonchev–Trinajstić information content (AvgIpc) is 3.47. The third kappa shape index (κ3) is 4.92. The number of anilines is 1. The second-order valence-corrected chi connectivity index (χ2v) is 10.5. The molecule has 40 heavy (non-hydrogen) atoms. The molecule has 0 aliphatic carbocycles. The number of benzene rings is 3. The summed E-state index contributed by atoms with van der Waals surface area (Å²) < 4.78 is 5.12. The number of hydrogen-bond acceptors (Lipinski definition) is 9. The van der Waals surface area contributed by atoms with Gasteiger partial charge in [0.2, 0.25) is 17.0 Å². The van der Waals surface area contributed by atoms with Crippen LogP contribution in [0.15, 0.2) is 78.0 Å². The number of aromatic nitrogens is 4. The molecule has 3 heterocycles. The summed E-state index contributed by atoms with van der Waals surface area (Å²) in [6, 6.07) is 19.7. The van der Waals surface area contributed by atoms with E-state index in [0.717, 1.165) is 27.6 Å². The molecule has 2 amide bonds. The molecule has 1 saturated heterocycles. The molecule has 198 valence electrons. The quantitative estimate of drug-likeness (QED) is 0.168. The molecule has 0 bridgehead atoms. The van der Waals surface area contributed by atoms with E-state index in [1.807, 2.05) is 24.3 Å². The number of para-hydroxylation sites is 1. The molecule has 1 N–H and O–H groups in total. The van der Waals surface area contributed by atoms with E-state index in [0.29, 0.717) is 27.4 Å². The second-order valence-electron chi connectivity index (χ2n) is 8.89. The highest BCUT2D eigenvalue weighted by atomic mass is 35.5. The van der Waals surface area contributed by atoms with E-state index in [-0.39, 0.29) is 28.8 Å². The third-order valence-electron chi connectivity index (χ3n) is 6.32. The van der Waals surface area contributed by atoms with E-state index < -0.39 is 23.7 Å². The SMILES string of the molecule is O=C(COC(=O)c1ccc(N2C(=O)CC(Sc3nnc4c(n3)[nH]c3ccccc34)C2=O)cc1)c1ccc(Cl)cc1. The number of ether oxygens (including phenoxy) is 1. The van der Waals surface area contributed by atoms with E-state index in [9.17, 15) is 19.2 Å². The summed E-state index contributed by atoms with van der Waals surface area (Å²) in [5.74, 6) is -1.88. The number of amides is 2. The molecular formula is C28H18ClN5O5S. The molecule has 3 aromatic carbocycles. The zero-order valence-electron chi connectivity index (χ0n) is 20.5. The highest BCUT2D eigenvalue weighted by Gasteiger charge is 2.41. The lowest BCUT2D eigenvalue weighted by Crippen LogP contribution is -2.31. The number of Topliss-reactive ketones (excluding diaryl/α,β-unsaturated/α-hetero) is 1. The van der Waals surface area contributed by atoms with Crippen molar-refractivity contribution in [2.75, 3.05) is 11.5 Å². The number of H-pyrrole nitrogens is 1. The van der Waals surface area contributed by atoms with Gasteiger partial charge in [0.05, 0.1) is 11.3 Å². The van der Waals surface area contributed by atoms with Crippen molar-refractivity contribution in [1.82, 2.24) is 20.2 Å². The lowest BCUT2D eigenvalue weighted by Gasteiger charge is -2.15. The Labute approximate surface area is 235 Å². The number of hydrogen-bond donors (Lipinski definition) is 1. The highest BCUT2D eigenvalue weighted by Crippen LogP contribution is 2.33. The number of aromatic amines is 1. The molecule has 1 unspecified atom stereocenters. The van der Waals surface area contributed by atoms with E-state index >= 15 is 0 Å². The van der Waals surface area contributed by atoms with E-state index in [4.69, 9.17) is 16.3 Å². The van der Waals surface area contributed by atoms with Crippen LogP contribution >= 0.6 is 23.4 Å². The molecule has 1 aliphatic heterocycles. The van der Waals surface area contributed by atoms with Crippen LogP contribution in [-0.4, -0.2) is 55.6 Å². The minimum absolute atomic E-state index is 0.0335. The molecule has 0 spiro atoms. The Morgan fingerprint density at radius 3 is 2.48 bits per heavy atom. The summed E-state index contributed by atoms with van der Waals surface area (Å²) in [6.07, 6.45) is -0.0335. The van der Waals surface area contributed by atoms with Gasteiger partial charge in [-0.1, -0.05) is 41.6 Å². The summed E-state index contributed by atoms with van der Waals surface area (Å²) >= 11 is 6.90. The second kappa shape index (κ2) is 10.5. The Morgan fingerprint density at radius 2 is 1.70 bits per heavy atom. The van der Waals surface area contributed by atoms with Crippen molar-refractivity contribution in [2.45, 2.75) is 16.8 Å². The predicted molar refractivity (Wildman–Crippen MR) is 148 cm³/mol. The van der Waals surface area contributed by atoms with Crippen LogP contribution in [-0.2, 0) is 14.3 Å². The van der Waals surface area contributed by atoms with Crippen LogP contribution in [0.3, 0.4) is 0 Å². The lowest BCUT2D eigenvalue weighted by atomic mass is 10.1. The Bertz CT molecular complexity index is 1810. The van der Waals surface area contributed by atoms with E-state index in [2.05, 4.69) is 20.2 Å². The predicted octanol–water partition coefficient (Wildman–Crippen LogP) is 4.62. The lowest BCUT2D eigenvalue weighted by molar-refractivity contribution is -0.121. The number of nitrogens with one attached hydrogen (secondary N) is 1. The normalized spacial score (nSPS) is 15.2. The van der Waals surface area contributed by atoms with E-state index in [1.165, 1.54) is 24.3 Å². The Morgan fingerprint density at radius 1 is 0.975 bits per heavy atom. The summed E-state index contributed by atoms with van der Waals surface area (Å²) in [5.41, 5.74) is 2.91. The molecule has 2 aromatic heterocycles. The van der Waals surface area contributed by atoms with Crippen LogP contribution in [0.4, 0.5) is 5.69 Å². The van der Waals surface area contributed by atoms with Gasteiger partial charge in [-0.3, -0.25) is 14.4 Å². The number of halogens is 1. The topological polar surface area (TPSA) is 135 Å². The maximum absolute atomic E-state index is 13.1. The van der Waals surface area contributed by atoms with Crippen molar-refractivity contribution in [3.8, 4) is 0 Å². The Hall–Kier alpha value is -4.61. The largest absolute Gasteiger partial charge is 0.454 e. The molecule has 5 aromatic rings. The van der Waals surface area contributed by atoms with Gasteiger partial charge in [-0.2, -0.15) is 0 Å². The molecule has 1 fully saturated rings. The molecule has 10 nitrogen and oxygen atoms in total. The monoisotopic (exact) mass is 571 g/mol. The first kappa shape index (κ1) is 25.7. The van der Waals surface area contributed by atoms with Crippen LogP contribution in [0.2, 0.25) is 5.02 Å². The summed E-state index contributed by atoms with van der Waals surface area (Å²) in [7, 11) is 0. The third-order valence-corrected chi connectivity index (χ3v) is 7.61. The van der Waals surface area contributed by atoms with Gasteiger partial charge in [0.15, 0.2) is 18.0 Å². The maximum Gasteiger partial charge on any atom is 0.338 e. The molecule has 12 heteroatoms. The zero-order valence-corrected chi connectivity index (χ0v) is 22.1. The number of fused-ring (bicyclic) bond motifs is 3. The van der Waals surface area contributed by atoms with Crippen molar-refractivity contribution in [3.63, 3.8) is 0 Å². The van der Waals surface area contributed by atoms with Crippen LogP contribution in [0.25, 0.3) is 22.1 Å². The number of carbonyl (C=O) groups excluding carboxylic acids is 4. The Balaban J connectivity index is 1.11. The van der Waals surface area contributed by atoms with Crippen molar-refractivity contribution in [3.05, 3.63) is 88.9 Å². The number of thioether (sulfide) groups is 1. The first-order valence-electron chi connectivity index (χ1n) is 12.1. The van der Waals surface area contributed by atoms with Crippen LogP contribution in [0, 0.1) is 0 Å². The van der Waals surface area contributed by atoms with Gasteiger partial charge in [-0.25, -0.2) is 14.7 Å². The number of nitrogens with zero attached hydrogens (tertiary/aromatic N) is 4. The minimum atomic E-state index is -0.723. The number of imide groups is 1. The van der Waals surface area contributed by atoms with Gasteiger partial charge in [0, 0.05) is 27.9 Å². The van der Waals surface area contributed by atoms with Gasteiger partial charge in [0.25, 0.3) is 0 Å². The van der Waals surface area contributed by atoms with Crippen LogP contribution in [0.1, 0.15) is 27.1 Å². The zero-order chi connectivity index (χ0) is 27.8. The minimum Gasteiger partial charge on any atom is -0.454 e. The fraction of sp³-hybridized carbons (Fsp3) is 0.107. The van der Waals surface area contributed by atoms with Gasteiger partial charge in [0.1, 0.15) is 10.8 Å².